The fraction of sp³-hybridized carbons (Fsp3) is 0.833. The molecule has 6 heteroatoms. The van der Waals surface area contributed by atoms with Gasteiger partial charge in [-0.05, 0) is 38.0 Å². The Morgan fingerprint density at radius 2 is 1.67 bits per heavy atom. The topological polar surface area (TPSA) is 77.9 Å². The van der Waals surface area contributed by atoms with Crippen LogP contribution in [0.1, 0.15) is 46.0 Å². The summed E-state index contributed by atoms with van der Waals surface area (Å²) in [7, 11) is 0. The van der Waals surface area contributed by atoms with E-state index in [0.717, 1.165) is 32.2 Å². The number of nitrogens with zero attached hydrogens (tertiary/aromatic N) is 2. The normalized spacial score (nSPS) is 30.7. The van der Waals surface area contributed by atoms with Crippen molar-refractivity contribution >= 4 is 17.8 Å². The predicted molar refractivity (Wildman–Crippen MR) is 88.1 cm³/mol. The molecule has 2 unspecified atom stereocenters. The van der Waals surface area contributed by atoms with Crippen LogP contribution >= 0.6 is 0 Å². The number of carbonyl (C=O) groups excluding carboxylic acids is 2. The van der Waals surface area contributed by atoms with Crippen LogP contribution in [0, 0.1) is 23.2 Å². The highest BCUT2D eigenvalue weighted by molar-refractivity contribution is 5.85. The average molecular weight is 336 g/mol. The molecule has 0 aromatic rings. The van der Waals surface area contributed by atoms with Crippen molar-refractivity contribution < 1.29 is 19.5 Å². The van der Waals surface area contributed by atoms with Crippen LogP contribution in [0.4, 0.5) is 0 Å². The molecule has 2 atom stereocenters. The molecular formula is C18H28N2O4. The molecule has 3 aliphatic rings. The van der Waals surface area contributed by atoms with Crippen LogP contribution in [0.3, 0.4) is 0 Å². The summed E-state index contributed by atoms with van der Waals surface area (Å²) in [5, 5.41) is 9.64. The van der Waals surface area contributed by atoms with Crippen molar-refractivity contribution in [3.63, 3.8) is 0 Å². The minimum absolute atomic E-state index is 0.00732. The van der Waals surface area contributed by atoms with E-state index in [1.54, 1.807) is 4.90 Å². The molecule has 0 spiro atoms. The minimum atomic E-state index is -0.826. The van der Waals surface area contributed by atoms with Gasteiger partial charge in [0.2, 0.25) is 11.8 Å². The number of rotatable bonds is 4. The molecule has 0 bridgehead atoms. The van der Waals surface area contributed by atoms with E-state index in [4.69, 9.17) is 0 Å². The summed E-state index contributed by atoms with van der Waals surface area (Å²) in [5.41, 5.74) is -0.826. The summed E-state index contributed by atoms with van der Waals surface area (Å²) in [6, 6.07) is 0. The van der Waals surface area contributed by atoms with E-state index in [0.29, 0.717) is 26.1 Å². The van der Waals surface area contributed by atoms with Gasteiger partial charge >= 0.3 is 5.97 Å². The lowest BCUT2D eigenvalue weighted by molar-refractivity contribution is -0.151. The Kier molecular flexibility index (Phi) is 4.58. The van der Waals surface area contributed by atoms with E-state index >= 15 is 0 Å². The molecule has 1 N–H and O–H groups in total. The SMILES string of the molecule is CC(C)C1(C(=O)O)CCN(C(=O)C2CCCN(C(=O)C3CC3)C2)C1. The van der Waals surface area contributed by atoms with Gasteiger partial charge in [0.25, 0.3) is 0 Å². The minimum Gasteiger partial charge on any atom is -0.481 e. The molecule has 2 heterocycles. The Morgan fingerprint density at radius 1 is 1.00 bits per heavy atom. The molecule has 134 valence electrons. The standard InChI is InChI=1S/C18H28N2O4/c1-12(2)18(17(23)24)7-9-20(11-18)16(22)14-4-3-8-19(10-14)15(21)13-5-6-13/h12-14H,3-11H2,1-2H3,(H,23,24). The number of carboxylic acids is 1. The number of hydrogen-bond donors (Lipinski definition) is 1. The second kappa shape index (κ2) is 6.37. The van der Waals surface area contributed by atoms with Crippen LogP contribution in [0.5, 0.6) is 0 Å². The molecule has 6 nitrogen and oxygen atoms in total. The second-order valence-electron chi connectivity index (χ2n) is 8.02. The molecule has 2 saturated heterocycles. The first-order valence-electron chi connectivity index (χ1n) is 9.16. The lowest BCUT2D eigenvalue weighted by atomic mass is 9.76. The van der Waals surface area contributed by atoms with Gasteiger partial charge in [-0.3, -0.25) is 14.4 Å². The van der Waals surface area contributed by atoms with Crippen LogP contribution in [-0.2, 0) is 14.4 Å². The predicted octanol–water partition coefficient (Wildman–Crippen LogP) is 1.59. The Labute approximate surface area is 143 Å². The molecule has 2 aliphatic heterocycles. The van der Waals surface area contributed by atoms with Crippen molar-refractivity contribution in [3.8, 4) is 0 Å². The van der Waals surface area contributed by atoms with E-state index in [-0.39, 0.29) is 29.6 Å². The Morgan fingerprint density at radius 3 is 2.21 bits per heavy atom. The van der Waals surface area contributed by atoms with Gasteiger partial charge in [0.15, 0.2) is 0 Å². The van der Waals surface area contributed by atoms with Gasteiger partial charge in [-0.2, -0.15) is 0 Å². The largest absolute Gasteiger partial charge is 0.481 e. The number of likely N-dealkylation sites (tertiary alicyclic amines) is 2. The highest BCUT2D eigenvalue weighted by Crippen LogP contribution is 2.39. The zero-order valence-electron chi connectivity index (χ0n) is 14.7. The van der Waals surface area contributed by atoms with Gasteiger partial charge in [0, 0.05) is 32.1 Å². The summed E-state index contributed by atoms with van der Waals surface area (Å²) < 4.78 is 0. The highest BCUT2D eigenvalue weighted by Gasteiger charge is 2.49. The van der Waals surface area contributed by atoms with Gasteiger partial charge in [-0.1, -0.05) is 13.8 Å². The fourth-order valence-electron chi connectivity index (χ4n) is 4.14. The first kappa shape index (κ1) is 17.2. The van der Waals surface area contributed by atoms with E-state index < -0.39 is 11.4 Å². The van der Waals surface area contributed by atoms with E-state index in [2.05, 4.69) is 0 Å². The van der Waals surface area contributed by atoms with Crippen molar-refractivity contribution in [2.24, 2.45) is 23.2 Å². The number of aliphatic carboxylic acids is 1. The smallest absolute Gasteiger partial charge is 0.311 e. The molecule has 3 rings (SSSR count). The highest BCUT2D eigenvalue weighted by atomic mass is 16.4. The molecule has 3 fully saturated rings. The molecule has 0 radical (unpaired) electrons. The zero-order chi connectivity index (χ0) is 17.5. The third kappa shape index (κ3) is 3.03. The van der Waals surface area contributed by atoms with Crippen molar-refractivity contribution in [3.05, 3.63) is 0 Å². The van der Waals surface area contributed by atoms with Gasteiger partial charge in [0.05, 0.1) is 11.3 Å². The summed E-state index contributed by atoms with van der Waals surface area (Å²) in [4.78, 5) is 40.5. The van der Waals surface area contributed by atoms with Crippen LogP contribution in [0.2, 0.25) is 0 Å². The third-order valence-electron chi connectivity index (χ3n) is 6.15. The van der Waals surface area contributed by atoms with Crippen LogP contribution in [-0.4, -0.2) is 58.9 Å². The Balaban J connectivity index is 1.64. The number of amides is 2. The maximum Gasteiger partial charge on any atom is 0.311 e. The quantitative estimate of drug-likeness (QED) is 0.846. The van der Waals surface area contributed by atoms with Gasteiger partial charge in [-0.25, -0.2) is 0 Å². The van der Waals surface area contributed by atoms with Crippen LogP contribution < -0.4 is 0 Å². The van der Waals surface area contributed by atoms with Gasteiger partial charge < -0.3 is 14.9 Å². The number of carboxylic acid groups (broad SMARTS) is 1. The molecule has 0 aromatic heterocycles. The molecule has 0 aromatic carbocycles. The fourth-order valence-corrected chi connectivity index (χ4v) is 4.14. The molecule has 1 saturated carbocycles. The van der Waals surface area contributed by atoms with Gasteiger partial charge in [0.1, 0.15) is 0 Å². The maximum absolute atomic E-state index is 12.9. The number of hydrogen-bond acceptors (Lipinski definition) is 3. The molecule has 24 heavy (non-hydrogen) atoms. The summed E-state index contributed by atoms with van der Waals surface area (Å²) in [5.74, 6) is -0.554. The first-order chi connectivity index (χ1) is 11.3. The Hall–Kier alpha value is -1.59. The van der Waals surface area contributed by atoms with Crippen molar-refractivity contribution in [1.29, 1.82) is 0 Å². The van der Waals surface area contributed by atoms with E-state index in [1.807, 2.05) is 18.7 Å². The average Bonchev–Trinajstić information content (AvgIpc) is 3.31. The van der Waals surface area contributed by atoms with Crippen molar-refractivity contribution in [2.75, 3.05) is 26.2 Å². The van der Waals surface area contributed by atoms with Crippen molar-refractivity contribution in [2.45, 2.75) is 46.0 Å². The first-order valence-corrected chi connectivity index (χ1v) is 9.16. The number of carbonyl (C=O) groups is 3. The summed E-state index contributed by atoms with van der Waals surface area (Å²) in [6.07, 6.45) is 4.14. The van der Waals surface area contributed by atoms with Gasteiger partial charge in [-0.15, -0.1) is 0 Å². The van der Waals surface area contributed by atoms with E-state index in [1.165, 1.54) is 0 Å². The monoisotopic (exact) mass is 336 g/mol. The summed E-state index contributed by atoms with van der Waals surface area (Å²) >= 11 is 0. The zero-order valence-corrected chi connectivity index (χ0v) is 14.7. The lowest BCUT2D eigenvalue weighted by Crippen LogP contribution is -2.48. The second-order valence-corrected chi connectivity index (χ2v) is 8.02. The summed E-state index contributed by atoms with van der Waals surface area (Å²) in [6.45, 7) is 5.90. The molecule has 1 aliphatic carbocycles. The van der Waals surface area contributed by atoms with Crippen molar-refractivity contribution in [1.82, 2.24) is 9.80 Å². The van der Waals surface area contributed by atoms with E-state index in [9.17, 15) is 19.5 Å². The Bertz CT molecular complexity index is 543. The molecular weight excluding hydrogens is 308 g/mol. The lowest BCUT2D eigenvalue weighted by Gasteiger charge is -2.35. The van der Waals surface area contributed by atoms with Crippen LogP contribution in [0.15, 0.2) is 0 Å². The van der Waals surface area contributed by atoms with Crippen LogP contribution in [0.25, 0.3) is 0 Å². The molecule has 2 amide bonds. The third-order valence-corrected chi connectivity index (χ3v) is 6.15. The number of piperidine rings is 1. The maximum atomic E-state index is 12.9.